The fourth-order valence-electron chi connectivity index (χ4n) is 1.41. The third-order valence-electron chi connectivity index (χ3n) is 2.24. The minimum absolute atomic E-state index is 0.149. The highest BCUT2D eigenvalue weighted by Crippen LogP contribution is 2.42. The molecule has 0 N–H and O–H groups in total. The molecule has 1 fully saturated rings. The molecule has 88 valence electrons. The Labute approximate surface area is 113 Å². The van der Waals surface area contributed by atoms with E-state index in [-0.39, 0.29) is 5.75 Å². The van der Waals surface area contributed by atoms with Crippen LogP contribution in [0.15, 0.2) is 0 Å². The molecular formula is C9H10ClIN2O2S. The van der Waals surface area contributed by atoms with Gasteiger partial charge in [0.05, 0.1) is 9.26 Å². The van der Waals surface area contributed by atoms with Crippen molar-refractivity contribution < 1.29 is 8.42 Å². The standard InChI is InChI=1S/C9H10ClIN2O2S/c1-16(14,15)4-6-12-8(5-2-3-5)7(11)9(10)13-6/h5H,2-4H2,1H3. The Kier molecular flexibility index (Phi) is 3.42. The number of aromatic nitrogens is 2. The molecule has 16 heavy (non-hydrogen) atoms. The van der Waals surface area contributed by atoms with Gasteiger partial charge in [0.2, 0.25) is 0 Å². The second kappa shape index (κ2) is 4.38. The molecule has 2 rings (SSSR count). The first-order valence-electron chi connectivity index (χ1n) is 4.76. The zero-order valence-electron chi connectivity index (χ0n) is 8.57. The van der Waals surface area contributed by atoms with Crippen molar-refractivity contribution in [3.8, 4) is 0 Å². The Morgan fingerprint density at radius 1 is 1.44 bits per heavy atom. The summed E-state index contributed by atoms with van der Waals surface area (Å²) in [5.41, 5.74) is 0.902. The van der Waals surface area contributed by atoms with Crippen molar-refractivity contribution in [3.05, 3.63) is 20.2 Å². The molecule has 0 aromatic carbocycles. The largest absolute Gasteiger partial charge is 0.235 e. The van der Waals surface area contributed by atoms with E-state index >= 15 is 0 Å². The first-order chi connectivity index (χ1) is 7.37. The summed E-state index contributed by atoms with van der Waals surface area (Å²) in [5.74, 6) is 0.587. The topological polar surface area (TPSA) is 59.9 Å². The Hall–Kier alpha value is 0.0500. The van der Waals surface area contributed by atoms with Gasteiger partial charge in [0.1, 0.15) is 16.7 Å². The summed E-state index contributed by atoms with van der Waals surface area (Å²) >= 11 is 8.07. The normalized spacial score (nSPS) is 16.4. The molecule has 0 atom stereocenters. The molecule has 1 heterocycles. The number of sulfone groups is 1. The summed E-state index contributed by atoms with van der Waals surface area (Å²) < 4.78 is 23.2. The molecule has 0 amide bonds. The molecule has 1 aliphatic rings. The average molecular weight is 373 g/mol. The van der Waals surface area contributed by atoms with Crippen molar-refractivity contribution in [1.29, 1.82) is 0 Å². The second-order valence-corrected chi connectivity index (χ2v) is 7.55. The number of nitrogens with zero attached hydrogens (tertiary/aromatic N) is 2. The molecule has 1 saturated carbocycles. The number of halogens is 2. The summed E-state index contributed by atoms with van der Waals surface area (Å²) in [5, 5.41) is 0.358. The first-order valence-corrected chi connectivity index (χ1v) is 8.28. The van der Waals surface area contributed by atoms with Crippen LogP contribution in [0.1, 0.15) is 30.3 Å². The number of hydrogen-bond acceptors (Lipinski definition) is 4. The molecular weight excluding hydrogens is 363 g/mol. The SMILES string of the molecule is CS(=O)(=O)Cc1nc(Cl)c(I)c(C2CC2)n1. The van der Waals surface area contributed by atoms with Gasteiger partial charge in [-0.3, -0.25) is 0 Å². The van der Waals surface area contributed by atoms with Crippen LogP contribution in [0.4, 0.5) is 0 Å². The van der Waals surface area contributed by atoms with Gasteiger partial charge in [-0.2, -0.15) is 0 Å². The van der Waals surface area contributed by atoms with Crippen molar-refractivity contribution >= 4 is 44.0 Å². The summed E-state index contributed by atoms with van der Waals surface area (Å²) in [6.07, 6.45) is 3.36. The van der Waals surface area contributed by atoms with Crippen LogP contribution in [0.2, 0.25) is 5.15 Å². The highest BCUT2D eigenvalue weighted by molar-refractivity contribution is 14.1. The molecule has 7 heteroatoms. The molecule has 0 spiro atoms. The van der Waals surface area contributed by atoms with E-state index in [0.717, 1.165) is 22.1 Å². The molecule has 1 aromatic heterocycles. The van der Waals surface area contributed by atoms with Crippen LogP contribution < -0.4 is 0 Å². The highest BCUT2D eigenvalue weighted by atomic mass is 127. The van der Waals surface area contributed by atoms with Crippen molar-refractivity contribution in [1.82, 2.24) is 9.97 Å². The maximum Gasteiger partial charge on any atom is 0.154 e. The van der Waals surface area contributed by atoms with E-state index in [0.29, 0.717) is 16.9 Å². The van der Waals surface area contributed by atoms with Crippen LogP contribution in [-0.2, 0) is 15.6 Å². The molecule has 1 aromatic rings. The van der Waals surface area contributed by atoms with E-state index in [4.69, 9.17) is 11.6 Å². The van der Waals surface area contributed by atoms with E-state index in [2.05, 4.69) is 32.6 Å². The van der Waals surface area contributed by atoms with E-state index in [1.807, 2.05) is 0 Å². The van der Waals surface area contributed by atoms with Gasteiger partial charge >= 0.3 is 0 Å². The van der Waals surface area contributed by atoms with Crippen molar-refractivity contribution in [2.24, 2.45) is 0 Å². The van der Waals surface area contributed by atoms with Crippen LogP contribution in [0.5, 0.6) is 0 Å². The van der Waals surface area contributed by atoms with Gasteiger partial charge in [-0.15, -0.1) is 0 Å². The number of rotatable bonds is 3. The predicted molar refractivity (Wildman–Crippen MR) is 70.3 cm³/mol. The fraction of sp³-hybridized carbons (Fsp3) is 0.556. The minimum atomic E-state index is -3.11. The molecule has 0 unspecified atom stereocenters. The maximum absolute atomic E-state index is 11.2. The fourth-order valence-corrected chi connectivity index (χ4v) is 2.88. The summed E-state index contributed by atoms with van der Waals surface area (Å²) in [7, 11) is -3.11. The van der Waals surface area contributed by atoms with Gasteiger partial charge in [0, 0.05) is 12.2 Å². The second-order valence-electron chi connectivity index (χ2n) is 3.97. The molecule has 0 aliphatic heterocycles. The van der Waals surface area contributed by atoms with Crippen LogP contribution in [0, 0.1) is 3.57 Å². The molecule has 0 bridgehead atoms. The summed E-state index contributed by atoms with van der Waals surface area (Å²) in [6.45, 7) is 0. The van der Waals surface area contributed by atoms with E-state index in [1.165, 1.54) is 6.26 Å². The monoisotopic (exact) mass is 372 g/mol. The van der Waals surface area contributed by atoms with Gasteiger partial charge in [-0.1, -0.05) is 11.6 Å². The third kappa shape index (κ3) is 3.04. The lowest BCUT2D eigenvalue weighted by atomic mass is 10.3. The van der Waals surface area contributed by atoms with Gasteiger partial charge in [-0.05, 0) is 35.4 Å². The van der Waals surface area contributed by atoms with Crippen LogP contribution in [0.3, 0.4) is 0 Å². The lowest BCUT2D eigenvalue weighted by Gasteiger charge is -2.06. The van der Waals surface area contributed by atoms with E-state index < -0.39 is 9.84 Å². The zero-order chi connectivity index (χ0) is 11.9. The summed E-state index contributed by atoms with van der Waals surface area (Å²) in [4.78, 5) is 8.29. The predicted octanol–water partition coefficient (Wildman–Crippen LogP) is 2.16. The highest BCUT2D eigenvalue weighted by Gasteiger charge is 2.29. The first kappa shape index (κ1) is 12.5. The Bertz CT molecular complexity index is 529. The Morgan fingerprint density at radius 3 is 2.56 bits per heavy atom. The van der Waals surface area contributed by atoms with E-state index in [1.54, 1.807) is 0 Å². The van der Waals surface area contributed by atoms with Crippen molar-refractivity contribution in [2.45, 2.75) is 24.5 Å². The molecule has 0 saturated heterocycles. The van der Waals surface area contributed by atoms with Crippen LogP contribution in [0.25, 0.3) is 0 Å². The number of hydrogen-bond donors (Lipinski definition) is 0. The lowest BCUT2D eigenvalue weighted by molar-refractivity contribution is 0.599. The van der Waals surface area contributed by atoms with Crippen molar-refractivity contribution in [3.63, 3.8) is 0 Å². The molecule has 0 radical (unpaired) electrons. The van der Waals surface area contributed by atoms with Crippen LogP contribution >= 0.6 is 34.2 Å². The Morgan fingerprint density at radius 2 is 2.06 bits per heavy atom. The maximum atomic E-state index is 11.2. The average Bonchev–Trinajstić information content (AvgIpc) is 2.91. The van der Waals surface area contributed by atoms with E-state index in [9.17, 15) is 8.42 Å². The lowest BCUT2D eigenvalue weighted by Crippen LogP contribution is -2.08. The van der Waals surface area contributed by atoms with Gasteiger partial charge in [-0.25, -0.2) is 18.4 Å². The van der Waals surface area contributed by atoms with Crippen LogP contribution in [-0.4, -0.2) is 24.6 Å². The zero-order valence-corrected chi connectivity index (χ0v) is 12.3. The van der Waals surface area contributed by atoms with Crippen molar-refractivity contribution in [2.75, 3.05) is 6.26 Å². The van der Waals surface area contributed by atoms with Gasteiger partial charge in [0.15, 0.2) is 9.84 Å². The minimum Gasteiger partial charge on any atom is -0.235 e. The third-order valence-corrected chi connectivity index (χ3v) is 4.68. The quantitative estimate of drug-likeness (QED) is 0.602. The van der Waals surface area contributed by atoms with Gasteiger partial charge < -0.3 is 0 Å². The Balaban J connectivity index is 2.40. The molecule has 1 aliphatic carbocycles. The summed E-state index contributed by atoms with van der Waals surface area (Å²) in [6, 6.07) is 0. The van der Waals surface area contributed by atoms with Gasteiger partial charge in [0.25, 0.3) is 0 Å². The molecule has 4 nitrogen and oxygen atoms in total. The smallest absolute Gasteiger partial charge is 0.154 e.